The number of ether oxygens (including phenoxy) is 1. The lowest BCUT2D eigenvalue weighted by molar-refractivity contribution is -0.170. The molecule has 0 radical (unpaired) electrons. The van der Waals surface area contributed by atoms with E-state index >= 15 is 0 Å². The number of likely N-dealkylation sites (tertiary alicyclic amines) is 1. The molecule has 0 bridgehead atoms. The fraction of sp³-hybridized carbons (Fsp3) is 0.417. The Hall–Kier alpha value is -1.27. The molecule has 0 atom stereocenters. The molecule has 18 heavy (non-hydrogen) atoms. The largest absolute Gasteiger partial charge is 0.380 e. The zero-order valence-electron chi connectivity index (χ0n) is 9.58. The fourth-order valence-corrected chi connectivity index (χ4v) is 2.50. The molecule has 1 spiro atoms. The number of hydrogen-bond acceptors (Lipinski definition) is 2. The zero-order valence-corrected chi connectivity index (χ0v) is 10.4. The normalized spacial score (nSPS) is 20.2. The van der Waals surface area contributed by atoms with Gasteiger partial charge >= 0.3 is 0 Å². The molecule has 2 heterocycles. The van der Waals surface area contributed by atoms with E-state index in [4.69, 9.17) is 17.0 Å². The second kappa shape index (κ2) is 4.13. The van der Waals surface area contributed by atoms with Crippen molar-refractivity contribution in [3.8, 4) is 0 Å². The Balaban J connectivity index is 1.59. The number of nitrogens with zero attached hydrogens (tertiary/aromatic N) is 1. The van der Waals surface area contributed by atoms with E-state index in [-0.39, 0.29) is 5.41 Å². The average molecular weight is 270 g/mol. The van der Waals surface area contributed by atoms with Crippen LogP contribution in [-0.2, 0) is 4.74 Å². The van der Waals surface area contributed by atoms with Gasteiger partial charge < -0.3 is 15.0 Å². The predicted molar refractivity (Wildman–Crippen MR) is 67.4 cm³/mol. The lowest BCUT2D eigenvalue weighted by Crippen LogP contribution is -2.67. The quantitative estimate of drug-likeness (QED) is 0.789. The predicted octanol–water partition coefficient (Wildman–Crippen LogP) is 1.99. The lowest BCUT2D eigenvalue weighted by Gasteiger charge is -2.55. The molecule has 6 heteroatoms. The molecule has 0 saturated carbocycles. The zero-order chi connectivity index (χ0) is 12.8. The van der Waals surface area contributed by atoms with Crippen molar-refractivity contribution in [2.24, 2.45) is 5.41 Å². The molecule has 3 rings (SSSR count). The standard InChI is InChI=1S/C12H12F2N2OS/c13-9-2-1-8(3-10(9)14)15-11(18)16-4-12(5-16)6-17-7-12/h1-3H,4-7H2,(H,15,18). The minimum absolute atomic E-state index is 0.278. The van der Waals surface area contributed by atoms with Crippen molar-refractivity contribution in [3.05, 3.63) is 29.8 Å². The molecule has 0 aliphatic carbocycles. The highest BCUT2D eigenvalue weighted by atomic mass is 32.1. The summed E-state index contributed by atoms with van der Waals surface area (Å²) in [4.78, 5) is 2.00. The number of anilines is 1. The third kappa shape index (κ3) is 1.95. The first-order chi connectivity index (χ1) is 8.58. The Morgan fingerprint density at radius 3 is 2.56 bits per heavy atom. The molecular formula is C12H12F2N2OS. The van der Waals surface area contributed by atoms with Crippen molar-refractivity contribution < 1.29 is 13.5 Å². The second-order valence-corrected chi connectivity index (χ2v) is 5.29. The summed E-state index contributed by atoms with van der Waals surface area (Å²) in [5.74, 6) is -1.74. The van der Waals surface area contributed by atoms with Crippen LogP contribution in [0.4, 0.5) is 14.5 Å². The first-order valence-electron chi connectivity index (χ1n) is 5.67. The van der Waals surface area contributed by atoms with Crippen molar-refractivity contribution in [1.82, 2.24) is 4.90 Å². The average Bonchev–Trinajstić information content (AvgIpc) is 2.19. The van der Waals surface area contributed by atoms with Crippen LogP contribution in [0.1, 0.15) is 0 Å². The maximum absolute atomic E-state index is 13.0. The van der Waals surface area contributed by atoms with Gasteiger partial charge in [0.1, 0.15) is 0 Å². The summed E-state index contributed by atoms with van der Waals surface area (Å²) in [5.41, 5.74) is 0.740. The summed E-state index contributed by atoms with van der Waals surface area (Å²) in [5, 5.41) is 3.45. The van der Waals surface area contributed by atoms with Gasteiger partial charge in [-0.1, -0.05) is 0 Å². The van der Waals surface area contributed by atoms with E-state index in [1.807, 2.05) is 4.90 Å². The molecule has 1 aromatic rings. The molecule has 2 saturated heterocycles. The topological polar surface area (TPSA) is 24.5 Å². The third-order valence-corrected chi connectivity index (χ3v) is 3.69. The first kappa shape index (κ1) is 11.8. The van der Waals surface area contributed by atoms with Gasteiger partial charge in [-0.05, 0) is 24.4 Å². The lowest BCUT2D eigenvalue weighted by atomic mass is 9.78. The summed E-state index contributed by atoms with van der Waals surface area (Å²) in [6.07, 6.45) is 0. The van der Waals surface area contributed by atoms with E-state index in [9.17, 15) is 8.78 Å². The third-order valence-electron chi connectivity index (χ3n) is 3.33. The molecule has 2 fully saturated rings. The van der Waals surface area contributed by atoms with Crippen LogP contribution in [0, 0.1) is 17.0 Å². The van der Waals surface area contributed by atoms with Gasteiger partial charge in [0.15, 0.2) is 16.7 Å². The molecule has 0 unspecified atom stereocenters. The van der Waals surface area contributed by atoms with Crippen LogP contribution in [-0.4, -0.2) is 36.3 Å². The number of nitrogens with one attached hydrogen (secondary N) is 1. The SMILES string of the molecule is Fc1ccc(NC(=S)N2CC3(COC3)C2)cc1F. The van der Waals surface area contributed by atoms with Crippen molar-refractivity contribution >= 4 is 23.0 Å². The Morgan fingerprint density at radius 2 is 2.00 bits per heavy atom. The van der Waals surface area contributed by atoms with Crippen LogP contribution < -0.4 is 5.32 Å². The van der Waals surface area contributed by atoms with Gasteiger partial charge in [-0.15, -0.1) is 0 Å². The van der Waals surface area contributed by atoms with Crippen molar-refractivity contribution in [2.45, 2.75) is 0 Å². The molecular weight excluding hydrogens is 258 g/mol. The van der Waals surface area contributed by atoms with E-state index in [2.05, 4.69) is 5.32 Å². The molecule has 1 aromatic carbocycles. The van der Waals surface area contributed by atoms with Crippen molar-refractivity contribution in [3.63, 3.8) is 0 Å². The summed E-state index contributed by atoms with van der Waals surface area (Å²) < 4.78 is 31.0. The number of hydrogen-bond donors (Lipinski definition) is 1. The maximum Gasteiger partial charge on any atom is 0.173 e. The Kier molecular flexibility index (Phi) is 2.71. The van der Waals surface area contributed by atoms with Crippen molar-refractivity contribution in [1.29, 1.82) is 0 Å². The van der Waals surface area contributed by atoms with Crippen LogP contribution in [0.25, 0.3) is 0 Å². The van der Waals surface area contributed by atoms with Gasteiger partial charge in [-0.25, -0.2) is 8.78 Å². The van der Waals surface area contributed by atoms with Gasteiger partial charge in [0, 0.05) is 24.8 Å². The van der Waals surface area contributed by atoms with Crippen LogP contribution in [0.3, 0.4) is 0 Å². The van der Waals surface area contributed by atoms with Gasteiger partial charge in [0.05, 0.1) is 18.6 Å². The molecule has 3 nitrogen and oxygen atoms in total. The van der Waals surface area contributed by atoms with E-state index in [0.717, 1.165) is 38.4 Å². The highest BCUT2D eigenvalue weighted by Gasteiger charge is 2.49. The highest BCUT2D eigenvalue weighted by Crippen LogP contribution is 2.37. The molecule has 0 amide bonds. The van der Waals surface area contributed by atoms with Gasteiger partial charge in [-0.2, -0.15) is 0 Å². The number of rotatable bonds is 1. The van der Waals surface area contributed by atoms with E-state index < -0.39 is 11.6 Å². The monoisotopic (exact) mass is 270 g/mol. The molecule has 1 N–H and O–H groups in total. The Morgan fingerprint density at radius 1 is 1.28 bits per heavy atom. The summed E-state index contributed by atoms with van der Waals surface area (Å²) in [7, 11) is 0. The van der Waals surface area contributed by atoms with Gasteiger partial charge in [0.25, 0.3) is 0 Å². The molecule has 96 valence electrons. The number of thiocarbonyl (C=S) groups is 1. The summed E-state index contributed by atoms with van der Waals surface area (Å²) >= 11 is 5.22. The maximum atomic E-state index is 13.0. The van der Waals surface area contributed by atoms with Gasteiger partial charge in [0.2, 0.25) is 0 Å². The molecule has 0 aromatic heterocycles. The minimum Gasteiger partial charge on any atom is -0.380 e. The Labute approximate surface area is 109 Å². The highest BCUT2D eigenvalue weighted by molar-refractivity contribution is 7.80. The van der Waals surface area contributed by atoms with Crippen LogP contribution >= 0.6 is 12.2 Å². The van der Waals surface area contributed by atoms with Crippen LogP contribution in [0.2, 0.25) is 0 Å². The Bertz CT molecular complexity index is 497. The summed E-state index contributed by atoms with van der Waals surface area (Å²) in [6, 6.07) is 3.65. The van der Waals surface area contributed by atoms with Crippen LogP contribution in [0.15, 0.2) is 18.2 Å². The fourth-order valence-electron chi connectivity index (χ4n) is 2.26. The molecule has 2 aliphatic rings. The van der Waals surface area contributed by atoms with Crippen LogP contribution in [0.5, 0.6) is 0 Å². The molecule has 2 aliphatic heterocycles. The number of benzene rings is 1. The van der Waals surface area contributed by atoms with Gasteiger partial charge in [-0.3, -0.25) is 0 Å². The van der Waals surface area contributed by atoms with E-state index in [0.29, 0.717) is 10.8 Å². The van der Waals surface area contributed by atoms with E-state index in [1.165, 1.54) is 6.07 Å². The van der Waals surface area contributed by atoms with E-state index in [1.54, 1.807) is 0 Å². The minimum atomic E-state index is -0.879. The smallest absolute Gasteiger partial charge is 0.173 e. The van der Waals surface area contributed by atoms with Crippen molar-refractivity contribution in [2.75, 3.05) is 31.6 Å². The second-order valence-electron chi connectivity index (χ2n) is 4.91. The summed E-state index contributed by atoms with van der Waals surface area (Å²) in [6.45, 7) is 3.31. The first-order valence-corrected chi connectivity index (χ1v) is 6.08. The number of halogens is 2.